The van der Waals surface area contributed by atoms with E-state index in [1.807, 2.05) is 19.1 Å². The summed E-state index contributed by atoms with van der Waals surface area (Å²) in [5.74, 6) is -0.421. The quantitative estimate of drug-likeness (QED) is 0.740. The minimum absolute atomic E-state index is 0.00580. The van der Waals surface area contributed by atoms with Gasteiger partial charge in [-0.2, -0.15) is 0 Å². The van der Waals surface area contributed by atoms with Gasteiger partial charge in [0.1, 0.15) is 6.04 Å². The average Bonchev–Trinajstić information content (AvgIpc) is 3.32. The van der Waals surface area contributed by atoms with E-state index in [0.29, 0.717) is 0 Å². The minimum Gasteiger partial charge on any atom is -0.391 e. The van der Waals surface area contributed by atoms with Crippen LogP contribution in [0.2, 0.25) is 0 Å². The Labute approximate surface area is 149 Å². The van der Waals surface area contributed by atoms with Gasteiger partial charge in [-0.25, -0.2) is 0 Å². The molecule has 3 rings (SSSR count). The highest BCUT2D eigenvalue weighted by atomic mass is 16.3. The summed E-state index contributed by atoms with van der Waals surface area (Å²) < 4.78 is 0. The molecule has 0 bridgehead atoms. The van der Waals surface area contributed by atoms with Crippen molar-refractivity contribution in [1.82, 2.24) is 10.6 Å². The Hall–Kier alpha value is -1.88. The molecule has 0 spiro atoms. The Bertz CT molecular complexity index is 646. The second kappa shape index (κ2) is 7.16. The zero-order valence-electron chi connectivity index (χ0n) is 15.0. The number of benzene rings is 1. The van der Waals surface area contributed by atoms with Gasteiger partial charge in [0.05, 0.1) is 11.6 Å². The van der Waals surface area contributed by atoms with Gasteiger partial charge in [0, 0.05) is 5.92 Å². The molecule has 5 nitrogen and oxygen atoms in total. The van der Waals surface area contributed by atoms with Crippen molar-refractivity contribution in [3.8, 4) is 0 Å². The van der Waals surface area contributed by atoms with Crippen LogP contribution in [0.25, 0.3) is 0 Å². The molecule has 3 N–H and O–H groups in total. The van der Waals surface area contributed by atoms with Crippen molar-refractivity contribution in [3.63, 3.8) is 0 Å². The Balaban J connectivity index is 1.78. The first-order valence-corrected chi connectivity index (χ1v) is 9.29. The topological polar surface area (TPSA) is 78.4 Å². The van der Waals surface area contributed by atoms with Gasteiger partial charge < -0.3 is 15.7 Å². The maximum Gasteiger partial charge on any atom is 0.245 e. The summed E-state index contributed by atoms with van der Waals surface area (Å²) in [6, 6.07) is 7.32. The van der Waals surface area contributed by atoms with E-state index in [-0.39, 0.29) is 17.7 Å². The van der Waals surface area contributed by atoms with Crippen molar-refractivity contribution in [2.75, 3.05) is 0 Å². The molecule has 2 fully saturated rings. The van der Waals surface area contributed by atoms with Crippen LogP contribution in [0.5, 0.6) is 0 Å². The summed E-state index contributed by atoms with van der Waals surface area (Å²) in [6.45, 7) is 3.59. The van der Waals surface area contributed by atoms with Crippen LogP contribution in [-0.2, 0) is 15.1 Å². The predicted octanol–water partition coefficient (Wildman–Crippen LogP) is 2.16. The van der Waals surface area contributed by atoms with E-state index < -0.39 is 17.7 Å². The van der Waals surface area contributed by atoms with Crippen LogP contribution in [0, 0.1) is 12.8 Å². The predicted molar refractivity (Wildman–Crippen MR) is 95.8 cm³/mol. The second-order valence-corrected chi connectivity index (χ2v) is 7.65. The molecule has 25 heavy (non-hydrogen) atoms. The van der Waals surface area contributed by atoms with Crippen LogP contribution in [0.4, 0.5) is 0 Å². The van der Waals surface area contributed by atoms with Gasteiger partial charge in [-0.15, -0.1) is 0 Å². The highest BCUT2D eigenvalue weighted by Crippen LogP contribution is 2.39. The van der Waals surface area contributed by atoms with Crippen molar-refractivity contribution in [2.45, 2.75) is 70.1 Å². The summed E-state index contributed by atoms with van der Waals surface area (Å²) in [5.41, 5.74) is 1.86. The van der Waals surface area contributed by atoms with E-state index in [2.05, 4.69) is 22.8 Å². The highest BCUT2D eigenvalue weighted by Gasteiger charge is 2.40. The Morgan fingerprint density at radius 1 is 1.24 bits per heavy atom. The van der Waals surface area contributed by atoms with Crippen LogP contribution < -0.4 is 10.6 Å². The molecule has 0 aliphatic heterocycles. The monoisotopic (exact) mass is 344 g/mol. The summed E-state index contributed by atoms with van der Waals surface area (Å²) in [5, 5.41) is 15.9. The third-order valence-corrected chi connectivity index (χ3v) is 5.40. The van der Waals surface area contributed by atoms with E-state index in [0.717, 1.165) is 49.7 Å². The normalized spacial score (nSPS) is 21.4. The molecule has 1 aromatic rings. The number of carbonyl (C=O) groups is 2. The number of aliphatic hydroxyl groups is 1. The fraction of sp³-hybridized carbons (Fsp3) is 0.600. The molecule has 0 saturated heterocycles. The van der Waals surface area contributed by atoms with Gasteiger partial charge in [0.15, 0.2) is 0 Å². The van der Waals surface area contributed by atoms with Gasteiger partial charge in [0.25, 0.3) is 0 Å². The SMILES string of the molecule is Cc1cccc(C2(NC(=O)C(NC(=O)C3CC3)C(C)O)CCCC2)c1. The molecule has 2 amide bonds. The fourth-order valence-corrected chi connectivity index (χ4v) is 3.74. The number of hydrogen-bond donors (Lipinski definition) is 3. The molecular weight excluding hydrogens is 316 g/mol. The first-order valence-electron chi connectivity index (χ1n) is 9.29. The van der Waals surface area contributed by atoms with E-state index in [9.17, 15) is 14.7 Å². The number of hydrogen-bond acceptors (Lipinski definition) is 3. The summed E-state index contributed by atoms with van der Waals surface area (Å²) in [6.07, 6.45) is 4.68. The van der Waals surface area contributed by atoms with E-state index in [1.54, 1.807) is 6.92 Å². The number of amides is 2. The molecule has 1 aromatic carbocycles. The highest BCUT2D eigenvalue weighted by molar-refractivity contribution is 5.90. The first kappa shape index (κ1) is 17.9. The lowest BCUT2D eigenvalue weighted by molar-refractivity contribution is -0.133. The Kier molecular flexibility index (Phi) is 5.13. The Morgan fingerprint density at radius 3 is 2.48 bits per heavy atom. The van der Waals surface area contributed by atoms with Crippen molar-refractivity contribution in [1.29, 1.82) is 0 Å². The molecule has 2 atom stereocenters. The number of aliphatic hydroxyl groups excluding tert-OH is 1. The Morgan fingerprint density at radius 2 is 1.92 bits per heavy atom. The van der Waals surface area contributed by atoms with Crippen LogP contribution in [0.15, 0.2) is 24.3 Å². The van der Waals surface area contributed by atoms with Gasteiger partial charge in [0.2, 0.25) is 11.8 Å². The van der Waals surface area contributed by atoms with Gasteiger partial charge in [-0.05, 0) is 45.1 Å². The summed E-state index contributed by atoms with van der Waals surface area (Å²) in [4.78, 5) is 25.0. The van der Waals surface area contributed by atoms with Gasteiger partial charge >= 0.3 is 0 Å². The zero-order valence-corrected chi connectivity index (χ0v) is 15.0. The second-order valence-electron chi connectivity index (χ2n) is 7.65. The van der Waals surface area contributed by atoms with Crippen molar-refractivity contribution < 1.29 is 14.7 Å². The van der Waals surface area contributed by atoms with Crippen LogP contribution in [0.3, 0.4) is 0 Å². The minimum atomic E-state index is -0.932. The standard InChI is InChI=1S/C20H28N2O3/c1-13-6-5-7-16(12-13)20(10-3-4-11-20)22-19(25)17(14(2)23)21-18(24)15-8-9-15/h5-7,12,14-15,17,23H,3-4,8-11H2,1-2H3,(H,21,24)(H,22,25). The number of nitrogens with one attached hydrogen (secondary N) is 2. The van der Waals surface area contributed by atoms with Crippen molar-refractivity contribution in [3.05, 3.63) is 35.4 Å². The maximum atomic E-state index is 12.9. The van der Waals surface area contributed by atoms with Crippen molar-refractivity contribution in [2.24, 2.45) is 5.92 Å². The van der Waals surface area contributed by atoms with E-state index in [4.69, 9.17) is 0 Å². The maximum absolute atomic E-state index is 12.9. The fourth-order valence-electron chi connectivity index (χ4n) is 3.74. The molecule has 136 valence electrons. The van der Waals surface area contributed by atoms with Gasteiger partial charge in [-0.1, -0.05) is 42.7 Å². The molecule has 2 saturated carbocycles. The average molecular weight is 344 g/mol. The third-order valence-electron chi connectivity index (χ3n) is 5.40. The molecule has 2 aliphatic rings. The molecule has 2 unspecified atom stereocenters. The van der Waals surface area contributed by atoms with Crippen LogP contribution in [0.1, 0.15) is 56.6 Å². The molecular formula is C20H28N2O3. The molecule has 5 heteroatoms. The number of aryl methyl sites for hydroxylation is 1. The third kappa shape index (κ3) is 4.03. The van der Waals surface area contributed by atoms with E-state index >= 15 is 0 Å². The lowest BCUT2D eigenvalue weighted by Gasteiger charge is -2.34. The molecule has 2 aliphatic carbocycles. The number of rotatable bonds is 6. The van der Waals surface area contributed by atoms with Gasteiger partial charge in [-0.3, -0.25) is 9.59 Å². The zero-order chi connectivity index (χ0) is 18.0. The molecule has 0 radical (unpaired) electrons. The molecule has 0 aromatic heterocycles. The first-order chi connectivity index (χ1) is 11.9. The lowest BCUT2D eigenvalue weighted by Crippen LogP contribution is -2.57. The largest absolute Gasteiger partial charge is 0.391 e. The van der Waals surface area contributed by atoms with Crippen molar-refractivity contribution >= 4 is 11.8 Å². The summed E-state index contributed by atoms with van der Waals surface area (Å²) in [7, 11) is 0. The van der Waals surface area contributed by atoms with E-state index in [1.165, 1.54) is 0 Å². The summed E-state index contributed by atoms with van der Waals surface area (Å²) >= 11 is 0. The number of carbonyl (C=O) groups excluding carboxylic acids is 2. The van der Waals surface area contributed by atoms with Crippen LogP contribution >= 0.6 is 0 Å². The smallest absolute Gasteiger partial charge is 0.245 e. The lowest BCUT2D eigenvalue weighted by atomic mass is 9.86. The van der Waals surface area contributed by atoms with Crippen LogP contribution in [-0.4, -0.2) is 29.1 Å². The molecule has 0 heterocycles.